The highest BCUT2D eigenvalue weighted by Crippen LogP contribution is 1.93. The highest BCUT2D eigenvalue weighted by molar-refractivity contribution is 7.83. The summed E-state index contributed by atoms with van der Waals surface area (Å²) in [7, 11) is 0. The molecular weight excluding hydrogens is 192 g/mol. The third-order valence-electron chi connectivity index (χ3n) is 2.13. The van der Waals surface area contributed by atoms with Gasteiger partial charge in [-0.2, -0.15) is 12.6 Å². The van der Waals surface area contributed by atoms with Gasteiger partial charge in [0.2, 0.25) is 0 Å². The van der Waals surface area contributed by atoms with Gasteiger partial charge in [-0.1, -0.05) is 24.3 Å². The summed E-state index contributed by atoms with van der Waals surface area (Å²) < 4.78 is 0. The highest BCUT2D eigenvalue weighted by Gasteiger charge is 2.00. The Balaban J connectivity index is 2.29. The second kappa shape index (κ2) is 4.33. The van der Waals surface area contributed by atoms with Gasteiger partial charge >= 0.3 is 0 Å². The van der Waals surface area contributed by atoms with Crippen molar-refractivity contribution in [2.45, 2.75) is 0 Å². The first-order valence-corrected chi connectivity index (χ1v) is 5.06. The molecule has 1 aromatic carbocycles. The number of para-hydroxylation sites is 1. The summed E-state index contributed by atoms with van der Waals surface area (Å²) in [6.45, 7) is 1.59. The molecule has 1 aliphatic heterocycles. The summed E-state index contributed by atoms with van der Waals surface area (Å²) in [5.41, 5.74) is 0. The minimum atomic E-state index is 0.731. The Hall–Kier alpha value is -1.22. The van der Waals surface area contributed by atoms with Crippen molar-refractivity contribution in [1.82, 2.24) is 4.90 Å². The average molecular weight is 204 g/mol. The highest BCUT2D eigenvalue weighted by atomic mass is 32.1. The quantitative estimate of drug-likeness (QED) is 0.703. The molecule has 0 radical (unpaired) electrons. The molecule has 2 nitrogen and oxygen atoms in total. The van der Waals surface area contributed by atoms with Gasteiger partial charge in [0.1, 0.15) is 6.67 Å². The van der Waals surface area contributed by atoms with Crippen molar-refractivity contribution in [3.8, 4) is 0 Å². The molecule has 72 valence electrons. The summed E-state index contributed by atoms with van der Waals surface area (Å²) in [5, 5.41) is 4.03. The minimum absolute atomic E-state index is 0.731. The third-order valence-corrected chi connectivity index (χ3v) is 2.34. The average Bonchev–Trinajstić information content (AvgIpc) is 2.26. The molecule has 0 amide bonds. The molecule has 0 aromatic heterocycles. The van der Waals surface area contributed by atoms with E-state index < -0.39 is 0 Å². The van der Waals surface area contributed by atoms with E-state index in [1.165, 1.54) is 5.22 Å². The minimum Gasteiger partial charge on any atom is -0.354 e. The number of hydrogen-bond acceptors (Lipinski definition) is 3. The van der Waals surface area contributed by atoms with Gasteiger partial charge in [0.05, 0.1) is 5.36 Å². The van der Waals surface area contributed by atoms with E-state index in [1.54, 1.807) is 5.41 Å². The Morgan fingerprint density at radius 1 is 1.43 bits per heavy atom. The van der Waals surface area contributed by atoms with Crippen molar-refractivity contribution >= 4 is 18.8 Å². The zero-order chi connectivity index (χ0) is 9.80. The molecule has 0 saturated carbocycles. The van der Waals surface area contributed by atoms with Gasteiger partial charge in [0, 0.05) is 18.0 Å². The first-order valence-electron chi connectivity index (χ1n) is 4.55. The molecule has 1 heterocycles. The second-order valence-electron chi connectivity index (χ2n) is 3.14. The van der Waals surface area contributed by atoms with Crippen LogP contribution in [-0.4, -0.2) is 18.1 Å². The maximum atomic E-state index is 4.46. The van der Waals surface area contributed by atoms with E-state index in [4.69, 9.17) is 0 Å². The Kier molecular flexibility index (Phi) is 2.89. The van der Waals surface area contributed by atoms with Crippen LogP contribution < -0.4 is 10.6 Å². The summed E-state index contributed by atoms with van der Waals surface area (Å²) >= 11 is 4.02. The van der Waals surface area contributed by atoms with Crippen LogP contribution in [0.4, 0.5) is 0 Å². The fourth-order valence-corrected chi connectivity index (χ4v) is 1.53. The molecule has 0 fully saturated rings. The molecule has 0 unspecified atom stereocenters. The number of rotatable bonds is 2. The predicted molar refractivity (Wildman–Crippen MR) is 61.4 cm³/mol. The SMILES string of the molecule is SC=CCN1C=c2ccccc2=NC1. The van der Waals surface area contributed by atoms with Crippen LogP contribution in [0.2, 0.25) is 0 Å². The van der Waals surface area contributed by atoms with Crippen molar-refractivity contribution < 1.29 is 0 Å². The van der Waals surface area contributed by atoms with Crippen molar-refractivity contribution in [2.24, 2.45) is 4.99 Å². The maximum absolute atomic E-state index is 4.46. The molecule has 3 heteroatoms. The van der Waals surface area contributed by atoms with E-state index in [-0.39, 0.29) is 0 Å². The van der Waals surface area contributed by atoms with E-state index >= 15 is 0 Å². The molecule has 0 bridgehead atoms. The van der Waals surface area contributed by atoms with Crippen LogP contribution in [0.5, 0.6) is 0 Å². The lowest BCUT2D eigenvalue weighted by molar-refractivity contribution is 0.456. The molecule has 2 rings (SSSR count). The van der Waals surface area contributed by atoms with E-state index in [1.807, 2.05) is 24.3 Å². The lowest BCUT2D eigenvalue weighted by Crippen LogP contribution is -2.35. The van der Waals surface area contributed by atoms with E-state index in [0.29, 0.717) is 0 Å². The molecule has 0 saturated heterocycles. The fourth-order valence-electron chi connectivity index (χ4n) is 1.44. The van der Waals surface area contributed by atoms with Gasteiger partial charge in [0.25, 0.3) is 0 Å². The van der Waals surface area contributed by atoms with Crippen molar-refractivity contribution in [3.63, 3.8) is 0 Å². The van der Waals surface area contributed by atoms with Gasteiger partial charge < -0.3 is 4.90 Å². The Bertz CT molecular complexity index is 451. The molecule has 0 atom stereocenters. The van der Waals surface area contributed by atoms with Crippen molar-refractivity contribution in [2.75, 3.05) is 13.2 Å². The molecule has 1 aliphatic rings. The lowest BCUT2D eigenvalue weighted by Gasteiger charge is -2.18. The van der Waals surface area contributed by atoms with Gasteiger partial charge in [-0.25, -0.2) is 0 Å². The number of thiol groups is 1. The first kappa shape index (κ1) is 9.34. The van der Waals surface area contributed by atoms with Crippen molar-refractivity contribution in [1.29, 1.82) is 0 Å². The molecule has 0 spiro atoms. The van der Waals surface area contributed by atoms with Crippen LogP contribution in [0.15, 0.2) is 40.7 Å². The Labute approximate surface area is 88.7 Å². The summed E-state index contributed by atoms with van der Waals surface area (Å²) in [5.74, 6) is 0. The first-order chi connectivity index (χ1) is 6.90. The van der Waals surface area contributed by atoms with E-state index in [0.717, 1.165) is 18.6 Å². The van der Waals surface area contributed by atoms with Crippen LogP contribution in [-0.2, 0) is 0 Å². The third kappa shape index (κ3) is 1.99. The van der Waals surface area contributed by atoms with Gasteiger partial charge in [-0.05, 0) is 11.5 Å². The van der Waals surface area contributed by atoms with Crippen LogP contribution in [0.25, 0.3) is 6.20 Å². The normalized spacial score (nSPS) is 14.8. The topological polar surface area (TPSA) is 15.6 Å². The maximum Gasteiger partial charge on any atom is 0.110 e. The number of fused-ring (bicyclic) bond motifs is 1. The van der Waals surface area contributed by atoms with E-state index in [2.05, 4.69) is 34.8 Å². The van der Waals surface area contributed by atoms with Gasteiger partial charge in [-0.15, -0.1) is 0 Å². The van der Waals surface area contributed by atoms with Crippen LogP contribution in [0.3, 0.4) is 0 Å². The summed E-state index contributed by atoms with van der Waals surface area (Å²) in [6.07, 6.45) is 4.14. The fraction of sp³-hybridized carbons (Fsp3) is 0.182. The van der Waals surface area contributed by atoms with Crippen molar-refractivity contribution in [3.05, 3.63) is 46.3 Å². The van der Waals surface area contributed by atoms with Crippen LogP contribution in [0, 0.1) is 0 Å². The van der Waals surface area contributed by atoms with Crippen LogP contribution >= 0.6 is 12.6 Å². The lowest BCUT2D eigenvalue weighted by atomic mass is 10.3. The Morgan fingerprint density at radius 2 is 2.29 bits per heavy atom. The molecule has 0 N–H and O–H groups in total. The Morgan fingerprint density at radius 3 is 3.14 bits per heavy atom. The summed E-state index contributed by atoms with van der Waals surface area (Å²) in [4.78, 5) is 6.61. The zero-order valence-electron chi connectivity index (χ0n) is 7.80. The smallest absolute Gasteiger partial charge is 0.110 e. The number of nitrogens with zero attached hydrogens (tertiary/aromatic N) is 2. The largest absolute Gasteiger partial charge is 0.354 e. The molecular formula is C11H12N2S. The second-order valence-corrected chi connectivity index (χ2v) is 3.44. The summed E-state index contributed by atoms with van der Waals surface area (Å²) in [6, 6.07) is 8.16. The number of hydrogen-bond donors (Lipinski definition) is 1. The predicted octanol–water partition coefficient (Wildman–Crippen LogP) is 0.761. The van der Waals surface area contributed by atoms with Gasteiger partial charge in [0.15, 0.2) is 0 Å². The monoisotopic (exact) mass is 204 g/mol. The van der Waals surface area contributed by atoms with Gasteiger partial charge in [-0.3, -0.25) is 4.99 Å². The zero-order valence-corrected chi connectivity index (χ0v) is 8.69. The number of benzene rings is 1. The van der Waals surface area contributed by atoms with Crippen LogP contribution in [0.1, 0.15) is 0 Å². The standard InChI is InChI=1S/C11H12N2S/c14-7-3-6-13-8-10-4-1-2-5-11(10)12-9-13/h1-5,7-8,14H,6,9H2. The molecule has 14 heavy (non-hydrogen) atoms. The molecule has 1 aromatic rings. The van der Waals surface area contributed by atoms with E-state index in [9.17, 15) is 0 Å². The molecule has 0 aliphatic carbocycles.